The molecule has 0 fully saturated rings. The van der Waals surface area contributed by atoms with Gasteiger partial charge in [0, 0.05) is 29.3 Å². The molecule has 15 heavy (non-hydrogen) atoms. The molecule has 0 spiro atoms. The molecule has 0 amide bonds. The van der Waals surface area contributed by atoms with Crippen molar-refractivity contribution in [3.05, 3.63) is 0 Å². The van der Waals surface area contributed by atoms with Crippen molar-refractivity contribution in [2.24, 2.45) is 5.92 Å². The average molecular weight is 236 g/mol. The SMILES string of the molecule is CCOC(CS(=O)C(C)C(C)C)OCC. The molecule has 0 aliphatic rings. The Balaban J connectivity index is 4.09. The maximum atomic E-state index is 11.9. The summed E-state index contributed by atoms with van der Waals surface area (Å²) in [6, 6.07) is 0. The summed E-state index contributed by atoms with van der Waals surface area (Å²) < 4.78 is 22.6. The molecule has 2 unspecified atom stereocenters. The van der Waals surface area contributed by atoms with Gasteiger partial charge in [-0.3, -0.25) is 4.21 Å². The molecule has 0 aromatic rings. The molecular formula is C11H24O3S. The Labute approximate surface area is 96.0 Å². The van der Waals surface area contributed by atoms with Crippen LogP contribution in [0.2, 0.25) is 0 Å². The summed E-state index contributed by atoms with van der Waals surface area (Å²) in [5, 5.41) is 0.188. The molecule has 0 bridgehead atoms. The predicted octanol–water partition coefficient (Wildman–Crippen LogP) is 2.18. The molecule has 0 N–H and O–H groups in total. The van der Waals surface area contributed by atoms with E-state index in [2.05, 4.69) is 13.8 Å². The van der Waals surface area contributed by atoms with Gasteiger partial charge in [-0.15, -0.1) is 0 Å². The van der Waals surface area contributed by atoms with Crippen molar-refractivity contribution >= 4 is 10.8 Å². The van der Waals surface area contributed by atoms with Gasteiger partial charge in [0.05, 0.1) is 5.75 Å². The number of ether oxygens (including phenoxy) is 2. The van der Waals surface area contributed by atoms with E-state index in [4.69, 9.17) is 9.47 Å². The molecular weight excluding hydrogens is 212 g/mol. The van der Waals surface area contributed by atoms with Crippen LogP contribution >= 0.6 is 0 Å². The summed E-state index contributed by atoms with van der Waals surface area (Å²) in [5.41, 5.74) is 0. The lowest BCUT2D eigenvalue weighted by Crippen LogP contribution is -2.30. The van der Waals surface area contributed by atoms with Gasteiger partial charge in [0.2, 0.25) is 0 Å². The van der Waals surface area contributed by atoms with Gasteiger partial charge in [0.25, 0.3) is 0 Å². The van der Waals surface area contributed by atoms with Crippen molar-refractivity contribution in [2.45, 2.75) is 46.2 Å². The zero-order chi connectivity index (χ0) is 11.8. The summed E-state index contributed by atoms with van der Waals surface area (Å²) in [7, 11) is -0.878. The molecule has 0 radical (unpaired) electrons. The van der Waals surface area contributed by atoms with Crippen LogP contribution in [0.25, 0.3) is 0 Å². The van der Waals surface area contributed by atoms with Crippen molar-refractivity contribution in [3.63, 3.8) is 0 Å². The third-order valence-corrected chi connectivity index (χ3v) is 4.33. The van der Waals surface area contributed by atoms with Gasteiger partial charge in [-0.1, -0.05) is 20.8 Å². The van der Waals surface area contributed by atoms with Crippen LogP contribution < -0.4 is 0 Å². The molecule has 0 aromatic heterocycles. The second-order valence-electron chi connectivity index (χ2n) is 3.84. The fourth-order valence-electron chi connectivity index (χ4n) is 1.11. The molecule has 2 atom stereocenters. The van der Waals surface area contributed by atoms with Crippen molar-refractivity contribution in [2.75, 3.05) is 19.0 Å². The first kappa shape index (κ1) is 15.1. The molecule has 0 rings (SSSR count). The van der Waals surface area contributed by atoms with E-state index < -0.39 is 10.8 Å². The quantitative estimate of drug-likeness (QED) is 0.606. The van der Waals surface area contributed by atoms with Crippen molar-refractivity contribution in [1.29, 1.82) is 0 Å². The highest BCUT2D eigenvalue weighted by Gasteiger charge is 2.20. The van der Waals surface area contributed by atoms with Gasteiger partial charge < -0.3 is 9.47 Å². The molecule has 92 valence electrons. The maximum absolute atomic E-state index is 11.9. The Hall–Kier alpha value is 0.0700. The molecule has 0 aliphatic heterocycles. The van der Waals surface area contributed by atoms with Crippen LogP contribution in [0, 0.1) is 5.92 Å². The van der Waals surface area contributed by atoms with Crippen LogP contribution in [0.1, 0.15) is 34.6 Å². The van der Waals surface area contributed by atoms with Crippen LogP contribution in [-0.2, 0) is 20.3 Å². The van der Waals surface area contributed by atoms with E-state index >= 15 is 0 Å². The highest BCUT2D eigenvalue weighted by Crippen LogP contribution is 2.11. The fraction of sp³-hybridized carbons (Fsp3) is 1.00. The predicted molar refractivity (Wildman–Crippen MR) is 64.3 cm³/mol. The lowest BCUT2D eigenvalue weighted by molar-refractivity contribution is -0.120. The molecule has 0 saturated heterocycles. The second-order valence-corrected chi connectivity index (χ2v) is 5.68. The second kappa shape index (κ2) is 8.25. The van der Waals surface area contributed by atoms with E-state index in [0.29, 0.717) is 24.9 Å². The number of rotatable bonds is 8. The minimum Gasteiger partial charge on any atom is -0.352 e. The first-order valence-corrected chi connectivity index (χ1v) is 7.01. The van der Waals surface area contributed by atoms with E-state index in [1.165, 1.54) is 0 Å². The highest BCUT2D eigenvalue weighted by molar-refractivity contribution is 7.85. The number of hydrogen-bond donors (Lipinski definition) is 0. The molecule has 4 heteroatoms. The standard InChI is InChI=1S/C11H24O3S/c1-6-13-11(14-7-2)8-15(12)10(5)9(3)4/h9-11H,6-8H2,1-5H3. The van der Waals surface area contributed by atoms with Crippen molar-refractivity contribution in [3.8, 4) is 0 Å². The monoisotopic (exact) mass is 236 g/mol. The Morgan fingerprint density at radius 3 is 1.87 bits per heavy atom. The van der Waals surface area contributed by atoms with Gasteiger partial charge in [0.1, 0.15) is 0 Å². The van der Waals surface area contributed by atoms with Gasteiger partial charge in [-0.05, 0) is 19.8 Å². The van der Waals surface area contributed by atoms with Crippen LogP contribution in [0.15, 0.2) is 0 Å². The topological polar surface area (TPSA) is 35.5 Å². The molecule has 3 nitrogen and oxygen atoms in total. The number of hydrogen-bond acceptors (Lipinski definition) is 3. The Morgan fingerprint density at radius 1 is 1.07 bits per heavy atom. The molecule has 0 aromatic carbocycles. The normalized spacial score (nSPS) is 15.9. The van der Waals surface area contributed by atoms with Crippen LogP contribution in [0.5, 0.6) is 0 Å². The molecule has 0 heterocycles. The molecule has 0 aliphatic carbocycles. The van der Waals surface area contributed by atoms with Gasteiger partial charge in [0.15, 0.2) is 6.29 Å². The van der Waals surface area contributed by atoms with Crippen molar-refractivity contribution in [1.82, 2.24) is 0 Å². The largest absolute Gasteiger partial charge is 0.352 e. The summed E-state index contributed by atoms with van der Waals surface area (Å²) >= 11 is 0. The van der Waals surface area contributed by atoms with E-state index in [9.17, 15) is 4.21 Å². The van der Waals surface area contributed by atoms with E-state index in [1.807, 2.05) is 20.8 Å². The average Bonchev–Trinajstić information content (AvgIpc) is 2.17. The van der Waals surface area contributed by atoms with Crippen LogP contribution in [-0.4, -0.2) is 34.7 Å². The Bertz CT molecular complexity index is 177. The zero-order valence-electron chi connectivity index (χ0n) is 10.5. The Morgan fingerprint density at radius 2 is 1.53 bits per heavy atom. The Kier molecular flexibility index (Phi) is 8.29. The van der Waals surface area contributed by atoms with Gasteiger partial charge in [-0.25, -0.2) is 0 Å². The third-order valence-electron chi connectivity index (χ3n) is 2.36. The van der Waals surface area contributed by atoms with Crippen LogP contribution in [0.4, 0.5) is 0 Å². The lowest BCUT2D eigenvalue weighted by Gasteiger charge is -2.20. The summed E-state index contributed by atoms with van der Waals surface area (Å²) in [4.78, 5) is 0. The van der Waals surface area contributed by atoms with Crippen molar-refractivity contribution < 1.29 is 13.7 Å². The fourth-order valence-corrected chi connectivity index (χ4v) is 2.48. The smallest absolute Gasteiger partial charge is 0.168 e. The van der Waals surface area contributed by atoms with Gasteiger partial charge >= 0.3 is 0 Å². The zero-order valence-corrected chi connectivity index (χ0v) is 11.3. The minimum absolute atomic E-state index is 0.188. The lowest BCUT2D eigenvalue weighted by atomic mass is 10.2. The van der Waals surface area contributed by atoms with E-state index in [-0.39, 0.29) is 11.5 Å². The minimum atomic E-state index is -0.878. The van der Waals surface area contributed by atoms with E-state index in [0.717, 1.165) is 0 Å². The summed E-state index contributed by atoms with van der Waals surface area (Å²) in [6.45, 7) is 11.2. The molecule has 0 saturated carbocycles. The third kappa shape index (κ3) is 6.28. The highest BCUT2D eigenvalue weighted by atomic mass is 32.2. The van der Waals surface area contributed by atoms with Crippen LogP contribution in [0.3, 0.4) is 0 Å². The first-order chi connectivity index (χ1) is 7.02. The summed E-state index contributed by atoms with van der Waals surface area (Å²) in [6.07, 6.45) is -0.318. The maximum Gasteiger partial charge on any atom is 0.168 e. The summed E-state index contributed by atoms with van der Waals surface area (Å²) in [5.74, 6) is 0.899. The van der Waals surface area contributed by atoms with Gasteiger partial charge in [-0.2, -0.15) is 0 Å². The van der Waals surface area contributed by atoms with E-state index in [1.54, 1.807) is 0 Å². The first-order valence-electron chi connectivity index (χ1n) is 5.63.